The van der Waals surface area contributed by atoms with Crippen LogP contribution in [0, 0.1) is 5.92 Å². The maximum atomic E-state index is 12.2. The van der Waals surface area contributed by atoms with Gasteiger partial charge < -0.3 is 20.1 Å². The standard InChI is InChI=1S/C21H28N2O3/c1-15(2)21(17-8-6-5-7-9-17)23-14-20(24)22-13-16-10-11-18(25-3)19(12-16)26-4/h5-12,15,21,23H,13-14H2,1-4H3,(H,22,24)/t21-/m0/s1. The summed E-state index contributed by atoms with van der Waals surface area (Å²) in [5.74, 6) is 1.67. The second-order valence-electron chi connectivity index (χ2n) is 6.48. The molecule has 0 aromatic heterocycles. The molecule has 0 saturated carbocycles. The van der Waals surface area contributed by atoms with Crippen molar-refractivity contribution in [1.29, 1.82) is 0 Å². The molecule has 2 aromatic rings. The summed E-state index contributed by atoms with van der Waals surface area (Å²) in [7, 11) is 3.20. The van der Waals surface area contributed by atoms with E-state index in [0.29, 0.717) is 24.0 Å². The van der Waals surface area contributed by atoms with Crippen molar-refractivity contribution in [1.82, 2.24) is 10.6 Å². The van der Waals surface area contributed by atoms with Crippen LogP contribution >= 0.6 is 0 Å². The molecule has 0 aliphatic carbocycles. The molecule has 0 heterocycles. The number of methoxy groups -OCH3 is 2. The number of carbonyl (C=O) groups excluding carboxylic acids is 1. The highest BCUT2D eigenvalue weighted by atomic mass is 16.5. The quantitative estimate of drug-likeness (QED) is 0.724. The number of rotatable bonds is 9. The topological polar surface area (TPSA) is 59.6 Å². The number of benzene rings is 2. The van der Waals surface area contributed by atoms with Crippen LogP contribution in [0.5, 0.6) is 11.5 Å². The number of hydrogen-bond acceptors (Lipinski definition) is 4. The molecule has 2 N–H and O–H groups in total. The van der Waals surface area contributed by atoms with Gasteiger partial charge in [-0.05, 0) is 29.2 Å². The molecule has 0 saturated heterocycles. The van der Waals surface area contributed by atoms with Crippen molar-refractivity contribution in [2.75, 3.05) is 20.8 Å². The summed E-state index contributed by atoms with van der Waals surface area (Å²) in [6.45, 7) is 5.00. The number of carbonyl (C=O) groups is 1. The summed E-state index contributed by atoms with van der Waals surface area (Å²) in [5, 5.41) is 6.29. The van der Waals surface area contributed by atoms with E-state index in [1.54, 1.807) is 14.2 Å². The van der Waals surface area contributed by atoms with Crippen molar-refractivity contribution >= 4 is 5.91 Å². The largest absolute Gasteiger partial charge is 0.493 e. The molecular formula is C21H28N2O3. The predicted octanol–water partition coefficient (Wildman–Crippen LogP) is 3.31. The van der Waals surface area contributed by atoms with Crippen LogP contribution < -0.4 is 20.1 Å². The molecule has 2 aromatic carbocycles. The molecule has 5 nitrogen and oxygen atoms in total. The number of hydrogen-bond donors (Lipinski definition) is 2. The molecular weight excluding hydrogens is 328 g/mol. The Labute approximate surface area is 155 Å². The highest BCUT2D eigenvalue weighted by Gasteiger charge is 2.16. The first kappa shape index (κ1) is 19.8. The predicted molar refractivity (Wildman–Crippen MR) is 103 cm³/mol. The lowest BCUT2D eigenvalue weighted by molar-refractivity contribution is -0.120. The Bertz CT molecular complexity index is 702. The summed E-state index contributed by atoms with van der Waals surface area (Å²) in [6.07, 6.45) is 0. The van der Waals surface area contributed by atoms with Crippen molar-refractivity contribution in [2.45, 2.75) is 26.4 Å². The Morgan fingerprint density at radius 2 is 1.69 bits per heavy atom. The smallest absolute Gasteiger partial charge is 0.234 e. The SMILES string of the molecule is COc1ccc(CNC(=O)CN[C@H](c2ccccc2)C(C)C)cc1OC. The molecule has 0 fully saturated rings. The van der Waals surface area contributed by atoms with Gasteiger partial charge in [-0.3, -0.25) is 4.79 Å². The van der Waals surface area contributed by atoms with E-state index in [0.717, 1.165) is 5.56 Å². The van der Waals surface area contributed by atoms with Crippen LogP contribution in [0.3, 0.4) is 0 Å². The summed E-state index contributed by atoms with van der Waals surface area (Å²) in [6, 6.07) is 16.0. The Hall–Kier alpha value is -2.53. The third-order valence-corrected chi connectivity index (χ3v) is 4.25. The van der Waals surface area contributed by atoms with E-state index in [9.17, 15) is 4.79 Å². The number of ether oxygens (including phenoxy) is 2. The van der Waals surface area contributed by atoms with E-state index in [2.05, 4.69) is 36.6 Å². The van der Waals surface area contributed by atoms with Gasteiger partial charge in [0, 0.05) is 12.6 Å². The normalized spacial score (nSPS) is 11.9. The fourth-order valence-corrected chi connectivity index (χ4v) is 2.86. The van der Waals surface area contributed by atoms with E-state index in [1.807, 2.05) is 36.4 Å². The monoisotopic (exact) mass is 356 g/mol. The van der Waals surface area contributed by atoms with E-state index < -0.39 is 0 Å². The molecule has 0 radical (unpaired) electrons. The van der Waals surface area contributed by atoms with E-state index in [1.165, 1.54) is 5.56 Å². The Balaban J connectivity index is 1.88. The lowest BCUT2D eigenvalue weighted by Crippen LogP contribution is -2.37. The lowest BCUT2D eigenvalue weighted by atomic mass is 9.96. The maximum Gasteiger partial charge on any atom is 0.234 e. The second-order valence-corrected chi connectivity index (χ2v) is 6.48. The van der Waals surface area contributed by atoms with E-state index in [4.69, 9.17) is 9.47 Å². The van der Waals surface area contributed by atoms with E-state index >= 15 is 0 Å². The van der Waals surface area contributed by atoms with Crippen molar-refractivity contribution in [2.24, 2.45) is 5.92 Å². The van der Waals surface area contributed by atoms with Gasteiger partial charge >= 0.3 is 0 Å². The van der Waals surface area contributed by atoms with Gasteiger partial charge in [0.25, 0.3) is 0 Å². The summed E-state index contributed by atoms with van der Waals surface area (Å²) in [5.41, 5.74) is 2.15. The second kappa shape index (κ2) is 9.82. The van der Waals surface area contributed by atoms with Crippen LogP contribution in [0.25, 0.3) is 0 Å². The van der Waals surface area contributed by atoms with Gasteiger partial charge in [-0.25, -0.2) is 0 Å². The minimum Gasteiger partial charge on any atom is -0.493 e. The third kappa shape index (κ3) is 5.49. The van der Waals surface area contributed by atoms with Gasteiger partial charge in [-0.2, -0.15) is 0 Å². The number of amides is 1. The molecule has 0 aliphatic rings. The highest BCUT2D eigenvalue weighted by Crippen LogP contribution is 2.27. The van der Waals surface area contributed by atoms with Crippen molar-refractivity contribution in [3.8, 4) is 11.5 Å². The fourth-order valence-electron chi connectivity index (χ4n) is 2.86. The van der Waals surface area contributed by atoms with Gasteiger partial charge in [0.15, 0.2) is 11.5 Å². The van der Waals surface area contributed by atoms with Crippen molar-refractivity contribution in [3.63, 3.8) is 0 Å². The van der Waals surface area contributed by atoms with Gasteiger partial charge in [-0.1, -0.05) is 50.2 Å². The zero-order valence-electron chi connectivity index (χ0n) is 15.9. The molecule has 0 unspecified atom stereocenters. The molecule has 140 valence electrons. The van der Waals surface area contributed by atoms with Crippen LogP contribution in [0.4, 0.5) is 0 Å². The van der Waals surface area contributed by atoms with Gasteiger partial charge in [0.05, 0.1) is 20.8 Å². The van der Waals surface area contributed by atoms with Crippen molar-refractivity contribution < 1.29 is 14.3 Å². The van der Waals surface area contributed by atoms with Gasteiger partial charge in [-0.15, -0.1) is 0 Å². The zero-order valence-corrected chi connectivity index (χ0v) is 15.9. The minimum absolute atomic E-state index is 0.0404. The lowest BCUT2D eigenvalue weighted by Gasteiger charge is -2.22. The third-order valence-electron chi connectivity index (χ3n) is 4.25. The van der Waals surface area contributed by atoms with Crippen LogP contribution in [-0.2, 0) is 11.3 Å². The molecule has 1 amide bonds. The van der Waals surface area contributed by atoms with Crippen LogP contribution in [0.1, 0.15) is 31.0 Å². The number of nitrogens with one attached hydrogen (secondary N) is 2. The fraction of sp³-hybridized carbons (Fsp3) is 0.381. The minimum atomic E-state index is -0.0404. The molecule has 0 spiro atoms. The summed E-state index contributed by atoms with van der Waals surface area (Å²) >= 11 is 0. The van der Waals surface area contributed by atoms with Gasteiger partial charge in [0.2, 0.25) is 5.91 Å². The zero-order chi connectivity index (χ0) is 18.9. The molecule has 5 heteroatoms. The van der Waals surface area contributed by atoms with Crippen molar-refractivity contribution in [3.05, 3.63) is 59.7 Å². The Kier molecular flexibility index (Phi) is 7.48. The first-order valence-corrected chi connectivity index (χ1v) is 8.81. The first-order valence-electron chi connectivity index (χ1n) is 8.81. The summed E-state index contributed by atoms with van der Waals surface area (Å²) < 4.78 is 10.5. The van der Waals surface area contributed by atoms with Gasteiger partial charge in [0.1, 0.15) is 0 Å². The average Bonchev–Trinajstić information content (AvgIpc) is 2.66. The van der Waals surface area contributed by atoms with Crippen LogP contribution in [0.2, 0.25) is 0 Å². The summed E-state index contributed by atoms with van der Waals surface area (Å²) in [4.78, 5) is 12.2. The van der Waals surface area contributed by atoms with Crippen LogP contribution in [-0.4, -0.2) is 26.7 Å². The average molecular weight is 356 g/mol. The van der Waals surface area contributed by atoms with Crippen LogP contribution in [0.15, 0.2) is 48.5 Å². The molecule has 26 heavy (non-hydrogen) atoms. The molecule has 1 atom stereocenters. The van der Waals surface area contributed by atoms with E-state index in [-0.39, 0.29) is 18.5 Å². The maximum absolute atomic E-state index is 12.2. The molecule has 2 rings (SSSR count). The Morgan fingerprint density at radius 3 is 2.31 bits per heavy atom. The molecule has 0 aliphatic heterocycles. The molecule has 0 bridgehead atoms. The first-order chi connectivity index (χ1) is 12.5. The highest BCUT2D eigenvalue weighted by molar-refractivity contribution is 5.78. The Morgan fingerprint density at radius 1 is 1.00 bits per heavy atom.